The molecule has 0 radical (unpaired) electrons. The normalized spacial score (nSPS) is 17.7. The molecule has 2 fully saturated rings. The highest BCUT2D eigenvalue weighted by molar-refractivity contribution is 7.99. The quantitative estimate of drug-likeness (QED) is 0.676. The number of aromatic amines is 1. The Hall–Kier alpha value is -2.27. The van der Waals surface area contributed by atoms with E-state index in [1.165, 1.54) is 37.4 Å². The summed E-state index contributed by atoms with van der Waals surface area (Å²) in [6.07, 6.45) is 9.40. The van der Waals surface area contributed by atoms with Crippen LogP contribution in [-0.4, -0.2) is 31.4 Å². The Kier molecular flexibility index (Phi) is 5.95. The van der Waals surface area contributed by atoms with Crippen LogP contribution < -0.4 is 5.32 Å². The van der Waals surface area contributed by atoms with Crippen LogP contribution in [0.15, 0.2) is 5.16 Å². The molecule has 0 spiro atoms. The van der Waals surface area contributed by atoms with Gasteiger partial charge in [-0.25, -0.2) is 4.98 Å². The maximum absolute atomic E-state index is 12.7. The minimum atomic E-state index is -0.129. The van der Waals surface area contributed by atoms with E-state index in [-0.39, 0.29) is 11.7 Å². The van der Waals surface area contributed by atoms with E-state index in [4.69, 9.17) is 0 Å². The van der Waals surface area contributed by atoms with Crippen molar-refractivity contribution in [2.24, 2.45) is 0 Å². The SMILES string of the molecule is Cc1c(C#N)c(NC(=O)CSc2n[nH]c(C3CCCC3)n2)n(C2CCCC2)c1C. The summed E-state index contributed by atoms with van der Waals surface area (Å²) < 4.78 is 2.18. The average Bonchev–Trinajstić information content (AvgIpc) is 3.50. The van der Waals surface area contributed by atoms with Gasteiger partial charge in [0.05, 0.1) is 11.3 Å². The molecule has 4 rings (SSSR count). The lowest BCUT2D eigenvalue weighted by Crippen LogP contribution is -2.19. The van der Waals surface area contributed by atoms with Crippen molar-refractivity contribution in [3.8, 4) is 6.07 Å². The number of nitrogens with one attached hydrogen (secondary N) is 2. The van der Waals surface area contributed by atoms with Crippen LogP contribution in [0, 0.1) is 25.2 Å². The van der Waals surface area contributed by atoms with Crippen LogP contribution in [0.2, 0.25) is 0 Å². The molecule has 2 aliphatic rings. The lowest BCUT2D eigenvalue weighted by atomic mass is 10.1. The molecule has 2 N–H and O–H groups in total. The standard InChI is InChI=1S/C21H28N6OS/c1-13-14(2)27(16-9-5-6-10-16)20(17(13)11-22)23-18(28)12-29-21-24-19(25-26-21)15-7-3-4-8-15/h15-16H,3-10,12H2,1-2H3,(H,23,28)(H,24,25,26). The van der Waals surface area contributed by atoms with Crippen LogP contribution in [0.3, 0.4) is 0 Å². The van der Waals surface area contributed by atoms with Crippen molar-refractivity contribution in [3.05, 3.63) is 22.6 Å². The van der Waals surface area contributed by atoms with Gasteiger partial charge in [0.1, 0.15) is 17.7 Å². The van der Waals surface area contributed by atoms with E-state index >= 15 is 0 Å². The van der Waals surface area contributed by atoms with Crippen molar-refractivity contribution in [2.75, 3.05) is 11.1 Å². The van der Waals surface area contributed by atoms with Gasteiger partial charge in [-0.05, 0) is 45.1 Å². The van der Waals surface area contributed by atoms with Gasteiger partial charge < -0.3 is 9.88 Å². The van der Waals surface area contributed by atoms with Gasteiger partial charge in [0.15, 0.2) is 0 Å². The first kappa shape index (κ1) is 20.0. The first-order chi connectivity index (χ1) is 14.1. The molecule has 0 bridgehead atoms. The molecule has 8 heteroatoms. The maximum atomic E-state index is 12.7. The number of nitrogens with zero attached hydrogens (tertiary/aromatic N) is 4. The molecule has 7 nitrogen and oxygen atoms in total. The molecular weight excluding hydrogens is 384 g/mol. The molecule has 2 aliphatic carbocycles. The fraction of sp³-hybridized carbons (Fsp3) is 0.619. The zero-order chi connectivity index (χ0) is 20.4. The van der Waals surface area contributed by atoms with Crippen LogP contribution in [0.5, 0.6) is 0 Å². The maximum Gasteiger partial charge on any atom is 0.235 e. The second-order valence-corrected chi connectivity index (χ2v) is 9.12. The Balaban J connectivity index is 1.44. The van der Waals surface area contributed by atoms with Crippen molar-refractivity contribution >= 4 is 23.5 Å². The number of anilines is 1. The number of aromatic nitrogens is 4. The van der Waals surface area contributed by atoms with E-state index in [1.807, 2.05) is 13.8 Å². The molecule has 0 aliphatic heterocycles. The van der Waals surface area contributed by atoms with Crippen molar-refractivity contribution in [1.29, 1.82) is 5.26 Å². The van der Waals surface area contributed by atoms with Gasteiger partial charge in [0, 0.05) is 17.7 Å². The van der Waals surface area contributed by atoms with E-state index in [2.05, 4.69) is 31.1 Å². The Labute approximate surface area is 175 Å². The molecule has 2 saturated carbocycles. The van der Waals surface area contributed by atoms with Crippen LogP contribution in [0.4, 0.5) is 5.82 Å². The molecular formula is C21H28N6OS. The summed E-state index contributed by atoms with van der Waals surface area (Å²) in [6.45, 7) is 4.00. The second-order valence-electron chi connectivity index (χ2n) is 8.18. The average molecular weight is 413 g/mol. The molecule has 29 heavy (non-hydrogen) atoms. The lowest BCUT2D eigenvalue weighted by molar-refractivity contribution is -0.113. The Morgan fingerprint density at radius 1 is 1.24 bits per heavy atom. The number of carbonyl (C=O) groups is 1. The van der Waals surface area contributed by atoms with Crippen LogP contribution >= 0.6 is 11.8 Å². The number of hydrogen-bond donors (Lipinski definition) is 2. The lowest BCUT2D eigenvalue weighted by Gasteiger charge is -2.19. The number of H-pyrrole nitrogens is 1. The number of amides is 1. The summed E-state index contributed by atoms with van der Waals surface area (Å²) in [6, 6.07) is 2.65. The molecule has 2 aromatic rings. The number of thioether (sulfide) groups is 1. The minimum Gasteiger partial charge on any atom is -0.327 e. The summed E-state index contributed by atoms with van der Waals surface area (Å²) in [7, 11) is 0. The van der Waals surface area contributed by atoms with Crippen LogP contribution in [0.25, 0.3) is 0 Å². The van der Waals surface area contributed by atoms with Crippen molar-refractivity contribution < 1.29 is 4.79 Å². The Morgan fingerprint density at radius 3 is 2.62 bits per heavy atom. The third-order valence-electron chi connectivity index (χ3n) is 6.37. The van der Waals surface area contributed by atoms with Crippen LogP contribution in [0.1, 0.15) is 86.0 Å². The highest BCUT2D eigenvalue weighted by Crippen LogP contribution is 2.38. The van der Waals surface area contributed by atoms with Crippen LogP contribution in [-0.2, 0) is 4.79 Å². The van der Waals surface area contributed by atoms with E-state index in [9.17, 15) is 10.1 Å². The zero-order valence-electron chi connectivity index (χ0n) is 17.1. The third kappa shape index (κ3) is 4.06. The van der Waals surface area contributed by atoms with Gasteiger partial charge in [-0.1, -0.05) is 37.4 Å². The number of hydrogen-bond acceptors (Lipinski definition) is 5. The second kappa shape index (κ2) is 8.62. The minimum absolute atomic E-state index is 0.129. The highest BCUT2D eigenvalue weighted by atomic mass is 32.2. The molecule has 2 aromatic heterocycles. The van der Waals surface area contributed by atoms with Crippen molar-refractivity contribution in [1.82, 2.24) is 19.7 Å². The number of nitriles is 1. The summed E-state index contributed by atoms with van der Waals surface area (Å²) in [5, 5.41) is 20.6. The van der Waals surface area contributed by atoms with Gasteiger partial charge in [0.2, 0.25) is 11.1 Å². The van der Waals surface area contributed by atoms with E-state index in [0.717, 1.165) is 42.8 Å². The smallest absolute Gasteiger partial charge is 0.235 e. The van der Waals surface area contributed by atoms with Crippen molar-refractivity contribution in [2.45, 2.75) is 82.3 Å². The van der Waals surface area contributed by atoms with Gasteiger partial charge in [-0.15, -0.1) is 5.10 Å². The van der Waals surface area contributed by atoms with Gasteiger partial charge in [0.25, 0.3) is 0 Å². The predicted octanol–water partition coefficient (Wildman–Crippen LogP) is 4.60. The third-order valence-corrected chi connectivity index (χ3v) is 7.22. The largest absolute Gasteiger partial charge is 0.327 e. The highest BCUT2D eigenvalue weighted by Gasteiger charge is 2.27. The van der Waals surface area contributed by atoms with Gasteiger partial charge >= 0.3 is 0 Å². The number of carbonyl (C=O) groups excluding carboxylic acids is 1. The first-order valence-electron chi connectivity index (χ1n) is 10.5. The van der Waals surface area contributed by atoms with Gasteiger partial charge in [-0.3, -0.25) is 9.89 Å². The van der Waals surface area contributed by atoms with E-state index in [1.54, 1.807) is 0 Å². The fourth-order valence-electron chi connectivity index (χ4n) is 4.71. The molecule has 0 atom stereocenters. The fourth-order valence-corrected chi connectivity index (χ4v) is 5.31. The van der Waals surface area contributed by atoms with E-state index < -0.39 is 0 Å². The molecule has 0 aromatic carbocycles. The molecule has 0 unspecified atom stereocenters. The number of rotatable bonds is 6. The summed E-state index contributed by atoms with van der Waals surface area (Å²) in [4.78, 5) is 17.2. The summed E-state index contributed by atoms with van der Waals surface area (Å²) >= 11 is 1.33. The Morgan fingerprint density at radius 2 is 1.93 bits per heavy atom. The van der Waals surface area contributed by atoms with Gasteiger partial charge in [-0.2, -0.15) is 5.26 Å². The molecule has 1 amide bonds. The summed E-state index contributed by atoms with van der Waals surface area (Å²) in [5.74, 6) is 2.17. The van der Waals surface area contributed by atoms with E-state index in [0.29, 0.717) is 28.5 Å². The molecule has 154 valence electrons. The Bertz CT molecular complexity index is 928. The summed E-state index contributed by atoms with van der Waals surface area (Å²) in [5.41, 5.74) is 2.61. The molecule has 2 heterocycles. The monoisotopic (exact) mass is 412 g/mol. The first-order valence-corrected chi connectivity index (χ1v) is 11.5. The zero-order valence-corrected chi connectivity index (χ0v) is 17.9. The molecule has 0 saturated heterocycles. The van der Waals surface area contributed by atoms with Crippen molar-refractivity contribution in [3.63, 3.8) is 0 Å². The predicted molar refractivity (Wildman–Crippen MR) is 113 cm³/mol. The topological polar surface area (TPSA) is 99.4 Å².